The average molecular weight is 313 g/mol. The average Bonchev–Trinajstić information content (AvgIpc) is 2.90. The molecule has 2 heterocycles. The molecule has 0 aliphatic heterocycles. The molecule has 0 unspecified atom stereocenters. The minimum absolute atomic E-state index is 0.0871. The lowest BCUT2D eigenvalue weighted by Gasteiger charge is -2.05. The van der Waals surface area contributed by atoms with Gasteiger partial charge in [0.2, 0.25) is 10.0 Å². The van der Waals surface area contributed by atoms with Crippen LogP contribution in [0.1, 0.15) is 10.6 Å². The Morgan fingerprint density at radius 1 is 1.42 bits per heavy atom. The van der Waals surface area contributed by atoms with Crippen LogP contribution in [-0.4, -0.2) is 18.4 Å². The molecule has 19 heavy (non-hydrogen) atoms. The van der Waals surface area contributed by atoms with Crippen molar-refractivity contribution in [1.29, 1.82) is 0 Å². The van der Waals surface area contributed by atoms with Crippen LogP contribution in [0.4, 0.5) is 0 Å². The molecule has 100 valence electrons. The summed E-state index contributed by atoms with van der Waals surface area (Å²) in [5.74, 6) is 0. The first kappa shape index (κ1) is 14.1. The van der Waals surface area contributed by atoms with E-state index >= 15 is 0 Å². The van der Waals surface area contributed by atoms with Crippen molar-refractivity contribution in [2.24, 2.45) is 5.73 Å². The Balaban J connectivity index is 2.13. The van der Waals surface area contributed by atoms with E-state index in [1.807, 2.05) is 17.5 Å². The summed E-state index contributed by atoms with van der Waals surface area (Å²) in [6, 6.07) is 6.65. The Morgan fingerprint density at radius 2 is 2.21 bits per heavy atom. The molecule has 0 bridgehead atoms. The van der Waals surface area contributed by atoms with Crippen molar-refractivity contribution < 1.29 is 8.42 Å². The summed E-state index contributed by atoms with van der Waals surface area (Å²) in [4.78, 5) is 5.07. The molecule has 0 saturated carbocycles. The number of aromatic nitrogens is 1. The zero-order valence-electron chi connectivity index (χ0n) is 9.74. The highest BCUT2D eigenvalue weighted by Crippen LogP contribution is 2.11. The topological polar surface area (TPSA) is 85.1 Å². The van der Waals surface area contributed by atoms with Crippen LogP contribution in [0, 0.1) is 0 Å². The molecule has 2 rings (SSSR count). The maximum absolute atomic E-state index is 12.0. The minimum atomic E-state index is -3.57. The fourth-order valence-corrected chi connectivity index (χ4v) is 3.16. The van der Waals surface area contributed by atoms with Gasteiger partial charge in [-0.15, -0.1) is 11.3 Å². The number of hydrogen-bond donors (Lipinski definition) is 2. The molecule has 0 saturated heterocycles. The smallest absolute Gasteiger partial charge is 0.242 e. The quantitative estimate of drug-likeness (QED) is 0.812. The molecule has 0 aromatic carbocycles. The molecule has 0 aliphatic rings. The van der Waals surface area contributed by atoms with Crippen molar-refractivity contribution in [3.05, 3.63) is 46.4 Å². The van der Waals surface area contributed by atoms with Crippen LogP contribution >= 0.6 is 23.6 Å². The predicted molar refractivity (Wildman–Crippen MR) is 78.5 cm³/mol. The molecular weight excluding hydrogens is 302 g/mol. The summed E-state index contributed by atoms with van der Waals surface area (Å²) in [6.07, 6.45) is 1.24. The Hall–Kier alpha value is -1.35. The molecular formula is C11H11N3O2S3. The van der Waals surface area contributed by atoms with Crippen LogP contribution in [0.25, 0.3) is 0 Å². The second-order valence-corrected chi connectivity index (χ2v) is 6.89. The number of sulfonamides is 1. The zero-order chi connectivity index (χ0) is 13.9. The second kappa shape index (κ2) is 5.74. The van der Waals surface area contributed by atoms with Crippen molar-refractivity contribution in [3.8, 4) is 0 Å². The maximum atomic E-state index is 12.0. The van der Waals surface area contributed by atoms with E-state index < -0.39 is 10.0 Å². The fraction of sp³-hybridized carbons (Fsp3) is 0.0909. The molecule has 0 fully saturated rings. The van der Waals surface area contributed by atoms with E-state index in [0.29, 0.717) is 5.69 Å². The van der Waals surface area contributed by atoms with Crippen molar-refractivity contribution in [2.75, 3.05) is 0 Å². The molecule has 0 radical (unpaired) electrons. The van der Waals surface area contributed by atoms with Gasteiger partial charge in [0.25, 0.3) is 0 Å². The molecule has 0 amide bonds. The Morgan fingerprint density at radius 3 is 2.74 bits per heavy atom. The molecule has 0 atom stereocenters. The van der Waals surface area contributed by atoms with Gasteiger partial charge >= 0.3 is 0 Å². The van der Waals surface area contributed by atoms with E-state index in [-0.39, 0.29) is 16.4 Å². The van der Waals surface area contributed by atoms with Crippen LogP contribution in [0.2, 0.25) is 0 Å². The van der Waals surface area contributed by atoms with E-state index in [1.54, 1.807) is 0 Å². The van der Waals surface area contributed by atoms with Gasteiger partial charge in [-0.1, -0.05) is 18.3 Å². The van der Waals surface area contributed by atoms with Gasteiger partial charge < -0.3 is 5.73 Å². The first-order valence-corrected chi connectivity index (χ1v) is 8.04. The van der Waals surface area contributed by atoms with Crippen LogP contribution in [-0.2, 0) is 16.6 Å². The Bertz CT molecular complexity index is 664. The van der Waals surface area contributed by atoms with Crippen molar-refractivity contribution in [3.63, 3.8) is 0 Å². The monoisotopic (exact) mass is 313 g/mol. The lowest BCUT2D eigenvalue weighted by molar-refractivity contribution is 0.581. The summed E-state index contributed by atoms with van der Waals surface area (Å²) in [5.41, 5.74) is 5.80. The largest absolute Gasteiger partial charge is 0.388 e. The number of pyridine rings is 1. The van der Waals surface area contributed by atoms with Crippen molar-refractivity contribution >= 4 is 38.6 Å². The Labute approximate surface area is 120 Å². The summed E-state index contributed by atoms with van der Waals surface area (Å²) in [5, 5.41) is 1.89. The number of hydrogen-bond acceptors (Lipinski definition) is 5. The van der Waals surface area contributed by atoms with E-state index in [2.05, 4.69) is 9.71 Å². The third-order valence-corrected chi connectivity index (χ3v) is 4.79. The van der Waals surface area contributed by atoms with Crippen LogP contribution in [0.3, 0.4) is 0 Å². The highest BCUT2D eigenvalue weighted by atomic mass is 32.2. The molecule has 5 nitrogen and oxygen atoms in total. The fourth-order valence-electron chi connectivity index (χ4n) is 1.35. The molecule has 2 aromatic heterocycles. The standard InChI is InChI=1S/C11H11N3O2S3/c12-11(17)10-4-3-9(7-13-10)19(15,16)14-6-8-2-1-5-18-8/h1-5,7,14H,6H2,(H2,12,17). The number of nitrogens with zero attached hydrogens (tertiary/aromatic N) is 1. The molecule has 8 heteroatoms. The number of rotatable bonds is 5. The van der Waals surface area contributed by atoms with E-state index in [0.717, 1.165) is 4.88 Å². The summed E-state index contributed by atoms with van der Waals surface area (Å²) in [7, 11) is -3.57. The third kappa shape index (κ3) is 3.57. The number of nitrogens with one attached hydrogen (secondary N) is 1. The first-order chi connectivity index (χ1) is 8.99. The molecule has 3 N–H and O–H groups in total. The van der Waals surface area contributed by atoms with Gasteiger partial charge in [0.1, 0.15) is 9.88 Å². The summed E-state index contributed by atoms with van der Waals surface area (Å²) < 4.78 is 26.5. The predicted octanol–water partition coefficient (Wildman–Crippen LogP) is 1.26. The normalized spacial score (nSPS) is 11.4. The van der Waals surface area contributed by atoms with Gasteiger partial charge in [-0.25, -0.2) is 13.1 Å². The molecule has 0 spiro atoms. The van der Waals surface area contributed by atoms with Gasteiger partial charge in [0, 0.05) is 17.6 Å². The molecule has 2 aromatic rings. The van der Waals surface area contributed by atoms with Gasteiger partial charge in [-0.2, -0.15) is 0 Å². The van der Waals surface area contributed by atoms with E-state index in [4.69, 9.17) is 18.0 Å². The maximum Gasteiger partial charge on any atom is 0.242 e. The van der Waals surface area contributed by atoms with Crippen molar-refractivity contribution in [2.45, 2.75) is 11.4 Å². The lowest BCUT2D eigenvalue weighted by Crippen LogP contribution is -2.23. The van der Waals surface area contributed by atoms with E-state index in [1.165, 1.54) is 29.7 Å². The van der Waals surface area contributed by atoms with E-state index in [9.17, 15) is 8.42 Å². The second-order valence-electron chi connectivity index (χ2n) is 3.65. The number of thiophene rings is 1. The minimum Gasteiger partial charge on any atom is -0.388 e. The third-order valence-electron chi connectivity index (χ3n) is 2.32. The SMILES string of the molecule is NC(=S)c1ccc(S(=O)(=O)NCc2cccs2)cn1. The van der Waals surface area contributed by atoms with Crippen molar-refractivity contribution in [1.82, 2.24) is 9.71 Å². The van der Waals surface area contributed by atoms with Crippen LogP contribution in [0.5, 0.6) is 0 Å². The first-order valence-electron chi connectivity index (χ1n) is 5.27. The van der Waals surface area contributed by atoms with Crippen LogP contribution < -0.4 is 10.5 Å². The summed E-state index contributed by atoms with van der Waals surface area (Å²) in [6.45, 7) is 0.261. The lowest BCUT2D eigenvalue weighted by atomic mass is 10.3. The number of nitrogens with two attached hydrogens (primary N) is 1. The summed E-state index contributed by atoms with van der Waals surface area (Å²) >= 11 is 6.24. The van der Waals surface area contributed by atoms with Crippen LogP contribution in [0.15, 0.2) is 40.7 Å². The number of thiocarbonyl (C=S) groups is 1. The highest BCUT2D eigenvalue weighted by Gasteiger charge is 2.14. The van der Waals surface area contributed by atoms with Gasteiger partial charge in [0.15, 0.2) is 0 Å². The van der Waals surface area contributed by atoms with Gasteiger partial charge in [0.05, 0.1) is 5.69 Å². The van der Waals surface area contributed by atoms with Gasteiger partial charge in [-0.3, -0.25) is 4.98 Å². The van der Waals surface area contributed by atoms with Gasteiger partial charge in [-0.05, 0) is 23.6 Å². The highest BCUT2D eigenvalue weighted by molar-refractivity contribution is 7.89. The molecule has 0 aliphatic carbocycles. The zero-order valence-corrected chi connectivity index (χ0v) is 12.2. The Kier molecular flexibility index (Phi) is 4.25.